The van der Waals surface area contributed by atoms with Gasteiger partial charge in [0.2, 0.25) is 0 Å². The maximum absolute atomic E-state index is 15.3. The summed E-state index contributed by atoms with van der Waals surface area (Å²) in [5.41, 5.74) is 4.04. The van der Waals surface area contributed by atoms with Gasteiger partial charge >= 0.3 is 0 Å². The van der Waals surface area contributed by atoms with Gasteiger partial charge in [-0.2, -0.15) is 0 Å². The molecule has 0 radical (unpaired) electrons. The summed E-state index contributed by atoms with van der Waals surface area (Å²) >= 11 is 5.25. The molecule has 2 aromatic rings. The molecule has 176 valence electrons. The number of thiocarbonyl (C=S) groups is 1. The number of fused-ring (bicyclic) bond motifs is 1. The van der Waals surface area contributed by atoms with Crippen LogP contribution in [0, 0.1) is 12.7 Å². The number of halogens is 1. The quantitative estimate of drug-likeness (QED) is 0.365. The van der Waals surface area contributed by atoms with Crippen LogP contribution >= 0.6 is 12.2 Å². The van der Waals surface area contributed by atoms with Crippen LogP contribution < -0.4 is 15.1 Å². The summed E-state index contributed by atoms with van der Waals surface area (Å²) in [5, 5.41) is 2.55. The number of hydrogen-bond acceptors (Lipinski definition) is 4. The number of nitrogens with zero attached hydrogens (tertiary/aromatic N) is 2. The van der Waals surface area contributed by atoms with Gasteiger partial charge in [0, 0.05) is 23.4 Å². The highest BCUT2D eigenvalue weighted by Gasteiger charge is 2.35. The third kappa shape index (κ3) is 4.16. The summed E-state index contributed by atoms with van der Waals surface area (Å²) in [4.78, 5) is 29.4. The van der Waals surface area contributed by atoms with Gasteiger partial charge in [0.05, 0.1) is 11.2 Å². The lowest BCUT2D eigenvalue weighted by Crippen LogP contribution is -2.54. The largest absolute Gasteiger partial charge is 0.362 e. The van der Waals surface area contributed by atoms with E-state index in [1.807, 2.05) is 26.0 Å². The second-order valence-corrected chi connectivity index (χ2v) is 9.70. The highest BCUT2D eigenvalue weighted by Crippen LogP contribution is 2.40. The first-order valence-electron chi connectivity index (χ1n) is 11.3. The minimum atomic E-state index is -0.642. The maximum Gasteiger partial charge on any atom is 0.270 e. The number of carbonyl (C=O) groups is 2. The predicted octanol–water partition coefficient (Wildman–Crippen LogP) is 5.38. The Morgan fingerprint density at radius 3 is 2.44 bits per heavy atom. The molecule has 0 atom stereocenters. The molecule has 1 saturated heterocycles. The Hall–Kier alpha value is -3.32. The summed E-state index contributed by atoms with van der Waals surface area (Å²) in [6, 6.07) is 10.4. The van der Waals surface area contributed by atoms with Crippen molar-refractivity contribution in [1.82, 2.24) is 5.32 Å². The molecule has 0 aromatic heterocycles. The number of aryl methyl sites for hydroxylation is 1. The summed E-state index contributed by atoms with van der Waals surface area (Å²) in [5.74, 6) is -1.72. The Morgan fingerprint density at radius 2 is 1.79 bits per heavy atom. The number of amides is 2. The molecule has 0 spiro atoms. The lowest BCUT2D eigenvalue weighted by Gasteiger charge is -2.43. The number of nitrogens with one attached hydrogen (secondary N) is 1. The van der Waals surface area contributed by atoms with Crippen LogP contribution in [0.3, 0.4) is 0 Å². The molecule has 0 unspecified atom stereocenters. The van der Waals surface area contributed by atoms with E-state index < -0.39 is 17.6 Å². The molecule has 2 aliphatic heterocycles. The number of carbonyl (C=O) groups excluding carboxylic acids is 2. The molecule has 7 heteroatoms. The number of allylic oxidation sites excluding steroid dienone is 1. The topological polar surface area (TPSA) is 52.7 Å². The minimum absolute atomic E-state index is 0.00173. The van der Waals surface area contributed by atoms with Crippen molar-refractivity contribution in [1.29, 1.82) is 0 Å². The lowest BCUT2D eigenvalue weighted by atomic mass is 9.87. The van der Waals surface area contributed by atoms with E-state index in [1.165, 1.54) is 17.0 Å². The first-order chi connectivity index (χ1) is 16.0. The van der Waals surface area contributed by atoms with Crippen molar-refractivity contribution < 1.29 is 14.0 Å². The van der Waals surface area contributed by atoms with Gasteiger partial charge in [0.15, 0.2) is 5.11 Å². The first-order valence-corrected chi connectivity index (χ1v) is 11.7. The van der Waals surface area contributed by atoms with E-state index in [4.69, 9.17) is 12.2 Å². The second kappa shape index (κ2) is 8.80. The van der Waals surface area contributed by atoms with Crippen LogP contribution in [0.1, 0.15) is 50.8 Å². The summed E-state index contributed by atoms with van der Waals surface area (Å²) in [7, 11) is 0. The summed E-state index contributed by atoms with van der Waals surface area (Å²) in [6.07, 6.45) is 4.40. The van der Waals surface area contributed by atoms with Crippen molar-refractivity contribution in [2.24, 2.45) is 0 Å². The second-order valence-electron chi connectivity index (χ2n) is 9.32. The average Bonchev–Trinajstić information content (AvgIpc) is 2.75. The van der Waals surface area contributed by atoms with Crippen molar-refractivity contribution in [3.05, 3.63) is 70.6 Å². The van der Waals surface area contributed by atoms with E-state index in [0.717, 1.165) is 35.4 Å². The fourth-order valence-corrected chi connectivity index (χ4v) is 4.88. The predicted molar refractivity (Wildman–Crippen MR) is 139 cm³/mol. The molecule has 1 N–H and O–H groups in total. The molecule has 1 fully saturated rings. The SMILES string of the molecule is CCCN1c2cc(F)c(/C=C3/C(=O)NC(=S)N(c4ccc(C)cc4)C3=O)cc2C(C)=CC1(C)C. The van der Waals surface area contributed by atoms with Crippen LogP contribution in [-0.4, -0.2) is 29.0 Å². The van der Waals surface area contributed by atoms with Crippen LogP contribution in [0.25, 0.3) is 11.6 Å². The van der Waals surface area contributed by atoms with Crippen LogP contribution in [0.2, 0.25) is 0 Å². The molecule has 0 aliphatic carbocycles. The van der Waals surface area contributed by atoms with Crippen molar-refractivity contribution in [2.45, 2.75) is 46.6 Å². The first kappa shape index (κ1) is 23.8. The van der Waals surface area contributed by atoms with Crippen molar-refractivity contribution in [3.63, 3.8) is 0 Å². The Labute approximate surface area is 204 Å². The minimum Gasteiger partial charge on any atom is -0.362 e. The zero-order valence-corrected chi connectivity index (χ0v) is 20.8. The van der Waals surface area contributed by atoms with Gasteiger partial charge in [-0.05, 0) is 82.2 Å². The Bertz CT molecular complexity index is 1260. The average molecular weight is 478 g/mol. The van der Waals surface area contributed by atoms with Gasteiger partial charge in [0.1, 0.15) is 11.4 Å². The van der Waals surface area contributed by atoms with Crippen molar-refractivity contribution in [3.8, 4) is 0 Å². The maximum atomic E-state index is 15.3. The van der Waals surface area contributed by atoms with Gasteiger partial charge in [-0.3, -0.25) is 19.8 Å². The van der Waals surface area contributed by atoms with E-state index in [0.29, 0.717) is 5.69 Å². The molecular weight excluding hydrogens is 449 g/mol. The summed E-state index contributed by atoms with van der Waals surface area (Å²) < 4.78 is 15.3. The van der Waals surface area contributed by atoms with Crippen molar-refractivity contribution in [2.75, 3.05) is 16.3 Å². The van der Waals surface area contributed by atoms with Crippen LogP contribution in [0.4, 0.5) is 15.8 Å². The third-order valence-corrected chi connectivity index (χ3v) is 6.52. The number of rotatable bonds is 4. The van der Waals surface area contributed by atoms with E-state index >= 15 is 4.39 Å². The molecule has 4 rings (SSSR count). The fraction of sp³-hybridized carbons (Fsp3) is 0.296. The van der Waals surface area contributed by atoms with E-state index in [9.17, 15) is 9.59 Å². The molecule has 2 aliphatic rings. The summed E-state index contributed by atoms with van der Waals surface area (Å²) in [6.45, 7) is 11.0. The van der Waals surface area contributed by atoms with E-state index in [2.05, 4.69) is 37.1 Å². The Kier molecular flexibility index (Phi) is 6.16. The normalized spacial score (nSPS) is 18.7. The zero-order chi connectivity index (χ0) is 24.8. The number of benzene rings is 2. The third-order valence-electron chi connectivity index (χ3n) is 6.24. The molecule has 2 aromatic carbocycles. The molecule has 2 heterocycles. The van der Waals surface area contributed by atoms with Crippen molar-refractivity contribution >= 4 is 52.2 Å². The fourth-order valence-electron chi connectivity index (χ4n) is 4.60. The molecule has 0 bridgehead atoms. The van der Waals surface area contributed by atoms with Gasteiger partial charge in [-0.25, -0.2) is 4.39 Å². The Balaban J connectivity index is 1.78. The zero-order valence-electron chi connectivity index (χ0n) is 20.0. The van der Waals surface area contributed by atoms with Gasteiger partial charge in [-0.15, -0.1) is 0 Å². The highest BCUT2D eigenvalue weighted by molar-refractivity contribution is 7.80. The lowest BCUT2D eigenvalue weighted by molar-refractivity contribution is -0.122. The molecule has 2 amide bonds. The molecule has 0 saturated carbocycles. The number of anilines is 2. The molecular formula is C27H28FN3O2S. The molecule has 34 heavy (non-hydrogen) atoms. The van der Waals surface area contributed by atoms with Gasteiger partial charge in [-0.1, -0.05) is 30.7 Å². The Morgan fingerprint density at radius 1 is 1.12 bits per heavy atom. The molecule has 5 nitrogen and oxygen atoms in total. The van der Waals surface area contributed by atoms with Gasteiger partial charge < -0.3 is 4.90 Å². The van der Waals surface area contributed by atoms with E-state index in [-0.39, 0.29) is 21.8 Å². The number of hydrogen-bond donors (Lipinski definition) is 1. The van der Waals surface area contributed by atoms with Crippen LogP contribution in [0.5, 0.6) is 0 Å². The van der Waals surface area contributed by atoms with Crippen LogP contribution in [0.15, 0.2) is 48.0 Å². The smallest absolute Gasteiger partial charge is 0.270 e. The van der Waals surface area contributed by atoms with Gasteiger partial charge in [0.25, 0.3) is 11.8 Å². The highest BCUT2D eigenvalue weighted by atomic mass is 32.1. The monoisotopic (exact) mass is 477 g/mol. The van der Waals surface area contributed by atoms with E-state index in [1.54, 1.807) is 18.2 Å². The standard InChI is InChI=1S/C27H28FN3O2S/c1-6-11-30-23-14-22(28)18(12-20(23)17(3)15-27(30,4)5)13-21-24(32)29-26(34)31(25(21)33)19-9-7-16(2)8-10-19/h7-10,12-15H,6,11H2,1-5H3,(H,29,32,34)/b21-13-. The van der Waals surface area contributed by atoms with Crippen LogP contribution in [-0.2, 0) is 9.59 Å².